The molecule has 1 heterocycles. The van der Waals surface area contributed by atoms with Gasteiger partial charge in [0.05, 0.1) is 29.3 Å². The van der Waals surface area contributed by atoms with Crippen molar-refractivity contribution in [1.29, 1.82) is 5.26 Å². The lowest BCUT2D eigenvalue weighted by atomic mass is 10.1. The smallest absolute Gasteiger partial charge is 0.261 e. The summed E-state index contributed by atoms with van der Waals surface area (Å²) in [4.78, 5) is 25.6. The van der Waals surface area contributed by atoms with Gasteiger partial charge in [0.15, 0.2) is 0 Å². The van der Waals surface area contributed by atoms with Crippen molar-refractivity contribution in [2.45, 2.75) is 0 Å². The van der Waals surface area contributed by atoms with Crippen molar-refractivity contribution >= 4 is 34.9 Å². The van der Waals surface area contributed by atoms with Crippen LogP contribution in [0.4, 0.5) is 5.69 Å². The minimum absolute atomic E-state index is 0.0909. The highest BCUT2D eigenvalue weighted by atomic mass is 32.1. The van der Waals surface area contributed by atoms with E-state index >= 15 is 0 Å². The van der Waals surface area contributed by atoms with E-state index in [0.29, 0.717) is 22.4 Å². The lowest BCUT2D eigenvalue weighted by molar-refractivity contribution is 0.0629. The summed E-state index contributed by atoms with van der Waals surface area (Å²) in [6.07, 6.45) is 0. The standard InChI is InChI=1S/C18H13N3O3S/c19-11-12-5-7-13(8-6-12)20-18(25)24-10-9-21-16(22)14-3-1-2-4-15(14)17(21)23/h1-8H,9-10H2,(H,20,25). The maximum atomic E-state index is 12.2. The first kappa shape index (κ1) is 16.6. The van der Waals surface area contributed by atoms with Crippen molar-refractivity contribution in [2.75, 3.05) is 18.5 Å². The summed E-state index contributed by atoms with van der Waals surface area (Å²) in [5, 5.41) is 11.8. The van der Waals surface area contributed by atoms with Crippen LogP contribution >= 0.6 is 12.2 Å². The normalized spacial score (nSPS) is 12.5. The van der Waals surface area contributed by atoms with Gasteiger partial charge < -0.3 is 10.1 Å². The second-order valence-electron chi connectivity index (χ2n) is 5.26. The van der Waals surface area contributed by atoms with Crippen LogP contribution in [0.1, 0.15) is 26.3 Å². The van der Waals surface area contributed by atoms with Crippen LogP contribution in [0.5, 0.6) is 0 Å². The van der Waals surface area contributed by atoms with Crippen LogP contribution in [-0.4, -0.2) is 35.0 Å². The van der Waals surface area contributed by atoms with Crippen LogP contribution < -0.4 is 5.32 Å². The maximum Gasteiger partial charge on any atom is 0.261 e. The number of anilines is 1. The Morgan fingerprint density at radius 1 is 1.08 bits per heavy atom. The first-order valence-electron chi connectivity index (χ1n) is 7.49. The number of benzene rings is 2. The van der Waals surface area contributed by atoms with E-state index in [1.807, 2.05) is 6.07 Å². The Bertz CT molecular complexity index is 852. The van der Waals surface area contributed by atoms with Gasteiger partial charge in [-0.3, -0.25) is 14.5 Å². The van der Waals surface area contributed by atoms with Crippen molar-refractivity contribution in [1.82, 2.24) is 4.90 Å². The van der Waals surface area contributed by atoms with Crippen LogP contribution in [-0.2, 0) is 4.74 Å². The lowest BCUT2D eigenvalue weighted by Crippen LogP contribution is -2.33. The van der Waals surface area contributed by atoms with E-state index < -0.39 is 0 Å². The molecule has 0 aromatic heterocycles. The van der Waals surface area contributed by atoms with Crippen molar-refractivity contribution < 1.29 is 14.3 Å². The monoisotopic (exact) mass is 351 g/mol. The summed E-state index contributed by atoms with van der Waals surface area (Å²) >= 11 is 5.08. The molecule has 3 rings (SSSR count). The molecule has 0 radical (unpaired) electrons. The Hall–Kier alpha value is -3.24. The third-order valence-corrected chi connectivity index (χ3v) is 3.91. The van der Waals surface area contributed by atoms with Crippen molar-refractivity contribution in [3.63, 3.8) is 0 Å². The second-order valence-corrected chi connectivity index (χ2v) is 5.63. The van der Waals surface area contributed by atoms with Gasteiger partial charge in [0.25, 0.3) is 17.0 Å². The molecule has 0 saturated carbocycles. The predicted molar refractivity (Wildman–Crippen MR) is 95.1 cm³/mol. The van der Waals surface area contributed by atoms with Crippen molar-refractivity contribution in [3.05, 3.63) is 65.2 Å². The quantitative estimate of drug-likeness (QED) is 0.673. The van der Waals surface area contributed by atoms with Gasteiger partial charge >= 0.3 is 0 Å². The number of hydrogen-bond acceptors (Lipinski definition) is 5. The molecule has 0 aliphatic carbocycles. The van der Waals surface area contributed by atoms with E-state index in [0.717, 1.165) is 4.90 Å². The first-order valence-corrected chi connectivity index (χ1v) is 7.90. The van der Waals surface area contributed by atoms with Gasteiger partial charge in [-0.1, -0.05) is 12.1 Å². The van der Waals surface area contributed by atoms with Crippen molar-refractivity contribution in [2.24, 2.45) is 0 Å². The fraction of sp³-hybridized carbons (Fsp3) is 0.111. The van der Waals surface area contributed by atoms with Crippen LogP contribution in [0.25, 0.3) is 0 Å². The van der Waals surface area contributed by atoms with Gasteiger partial charge in [-0.25, -0.2) is 0 Å². The largest absolute Gasteiger partial charge is 0.469 e. The van der Waals surface area contributed by atoms with E-state index in [1.165, 1.54) is 0 Å². The highest BCUT2D eigenvalue weighted by Gasteiger charge is 2.34. The number of imide groups is 1. The first-order chi connectivity index (χ1) is 12.1. The SMILES string of the molecule is N#Cc1ccc(NC(=S)OCCN2C(=O)c3ccccc3C2=O)cc1. The molecule has 1 N–H and O–H groups in total. The van der Waals surface area contributed by atoms with Gasteiger partial charge in [-0.15, -0.1) is 0 Å². The zero-order valence-electron chi connectivity index (χ0n) is 13.1. The topological polar surface area (TPSA) is 82.4 Å². The average Bonchev–Trinajstić information content (AvgIpc) is 2.87. The van der Waals surface area contributed by atoms with Gasteiger partial charge in [0.2, 0.25) is 0 Å². The molecule has 0 spiro atoms. The van der Waals surface area contributed by atoms with Crippen LogP contribution in [0, 0.1) is 11.3 Å². The molecule has 2 aromatic carbocycles. The van der Waals surface area contributed by atoms with E-state index in [1.54, 1.807) is 48.5 Å². The fourth-order valence-corrected chi connectivity index (χ4v) is 2.66. The number of carbonyl (C=O) groups excluding carboxylic acids is 2. The summed E-state index contributed by atoms with van der Waals surface area (Å²) < 4.78 is 5.37. The summed E-state index contributed by atoms with van der Waals surface area (Å²) in [6, 6.07) is 15.5. The molecule has 0 fully saturated rings. The number of amides is 2. The summed E-state index contributed by atoms with van der Waals surface area (Å²) in [5.74, 6) is -0.648. The summed E-state index contributed by atoms with van der Waals surface area (Å²) in [5.41, 5.74) is 2.05. The molecule has 7 heteroatoms. The van der Waals surface area contributed by atoms with E-state index in [-0.39, 0.29) is 30.1 Å². The summed E-state index contributed by atoms with van der Waals surface area (Å²) in [7, 11) is 0. The Morgan fingerprint density at radius 3 is 2.24 bits per heavy atom. The number of nitrogens with one attached hydrogen (secondary N) is 1. The molecule has 2 aromatic rings. The Labute approximate surface area is 149 Å². The van der Waals surface area contributed by atoms with Crippen molar-refractivity contribution in [3.8, 4) is 6.07 Å². The zero-order valence-corrected chi connectivity index (χ0v) is 13.9. The molecule has 6 nitrogen and oxygen atoms in total. The van der Waals surface area contributed by atoms with Crippen LogP contribution in [0.2, 0.25) is 0 Å². The zero-order chi connectivity index (χ0) is 17.8. The van der Waals surface area contributed by atoms with Gasteiger partial charge in [0, 0.05) is 5.69 Å². The molecule has 2 amide bonds. The molecular weight excluding hydrogens is 338 g/mol. The van der Waals surface area contributed by atoms with E-state index in [2.05, 4.69) is 5.32 Å². The van der Waals surface area contributed by atoms with E-state index in [4.69, 9.17) is 22.2 Å². The Kier molecular flexibility index (Phi) is 4.73. The number of rotatable bonds is 4. The molecule has 0 saturated heterocycles. The van der Waals surface area contributed by atoms with Gasteiger partial charge in [-0.05, 0) is 48.6 Å². The number of fused-ring (bicyclic) bond motifs is 1. The second kappa shape index (κ2) is 7.11. The Balaban J connectivity index is 1.51. The van der Waals surface area contributed by atoms with Crippen LogP contribution in [0.15, 0.2) is 48.5 Å². The lowest BCUT2D eigenvalue weighted by Gasteiger charge is -2.15. The predicted octanol–water partition coefficient (Wildman–Crippen LogP) is 2.57. The number of ether oxygens (including phenoxy) is 1. The molecule has 0 bridgehead atoms. The van der Waals surface area contributed by atoms with Gasteiger partial charge in [0.1, 0.15) is 6.61 Å². The van der Waals surface area contributed by atoms with E-state index in [9.17, 15) is 9.59 Å². The number of hydrogen-bond donors (Lipinski definition) is 1. The number of carbonyl (C=O) groups is 2. The Morgan fingerprint density at radius 2 is 1.68 bits per heavy atom. The minimum Gasteiger partial charge on any atom is -0.469 e. The highest BCUT2D eigenvalue weighted by molar-refractivity contribution is 7.80. The average molecular weight is 351 g/mol. The molecule has 25 heavy (non-hydrogen) atoms. The third kappa shape index (κ3) is 3.49. The number of nitriles is 1. The molecule has 0 unspecified atom stereocenters. The summed E-state index contributed by atoms with van der Waals surface area (Å²) in [6.45, 7) is 0.203. The number of nitrogens with zero attached hydrogens (tertiary/aromatic N) is 2. The fourth-order valence-electron chi connectivity index (χ4n) is 2.45. The molecule has 124 valence electrons. The molecule has 0 atom stereocenters. The van der Waals surface area contributed by atoms with Gasteiger partial charge in [-0.2, -0.15) is 5.26 Å². The highest BCUT2D eigenvalue weighted by Crippen LogP contribution is 2.21. The minimum atomic E-state index is -0.324. The third-order valence-electron chi connectivity index (χ3n) is 3.69. The van der Waals surface area contributed by atoms with Crippen LogP contribution in [0.3, 0.4) is 0 Å². The molecule has 1 aliphatic rings. The molecule has 1 aliphatic heterocycles. The maximum absolute atomic E-state index is 12.2. The molecular formula is C18H13N3O3S. The number of thiocarbonyl (C=S) groups is 1.